The number of carbonyl (C=O) groups is 2. The number of ether oxygens (including phenoxy) is 2. The molecule has 0 aliphatic carbocycles. The third-order valence-corrected chi connectivity index (χ3v) is 3.41. The predicted octanol–water partition coefficient (Wildman–Crippen LogP) is 2.21. The fraction of sp³-hybridized carbons (Fsp3) is 0.467. The highest BCUT2D eigenvalue weighted by molar-refractivity contribution is 5.85. The Morgan fingerprint density at radius 3 is 2.55 bits per heavy atom. The van der Waals surface area contributed by atoms with Crippen molar-refractivity contribution < 1.29 is 19.1 Å². The summed E-state index contributed by atoms with van der Waals surface area (Å²) in [4.78, 5) is 25.4. The highest BCUT2D eigenvalue weighted by atomic mass is 16.6. The molecule has 1 aromatic rings. The van der Waals surface area contributed by atoms with Crippen molar-refractivity contribution in [3.8, 4) is 0 Å². The van der Waals surface area contributed by atoms with Gasteiger partial charge in [-0.2, -0.15) is 0 Å². The third kappa shape index (κ3) is 2.76. The van der Waals surface area contributed by atoms with Crippen LogP contribution in [0, 0.1) is 5.92 Å². The highest BCUT2D eigenvalue weighted by Crippen LogP contribution is 2.27. The molecule has 1 amide bonds. The lowest BCUT2D eigenvalue weighted by Crippen LogP contribution is -2.44. The Bertz CT molecular complexity index is 486. The number of methoxy groups -OCH3 is 1. The largest absolute Gasteiger partial charge is 0.467 e. The number of carbonyl (C=O) groups excluding carboxylic acids is 2. The molecule has 1 aromatic carbocycles. The van der Waals surface area contributed by atoms with E-state index in [1.165, 1.54) is 12.0 Å². The summed E-state index contributed by atoms with van der Waals surface area (Å²) < 4.78 is 10.1. The van der Waals surface area contributed by atoms with Crippen LogP contribution >= 0.6 is 0 Å². The summed E-state index contributed by atoms with van der Waals surface area (Å²) in [6.45, 7) is 4.17. The quantitative estimate of drug-likeness (QED) is 0.792. The maximum atomic E-state index is 12.0. The molecule has 0 aromatic heterocycles. The van der Waals surface area contributed by atoms with Crippen LogP contribution in [0.15, 0.2) is 30.3 Å². The summed E-state index contributed by atoms with van der Waals surface area (Å²) >= 11 is 0. The molecule has 1 heterocycles. The number of esters is 1. The molecular weight excluding hydrogens is 258 g/mol. The first-order valence-electron chi connectivity index (χ1n) is 6.63. The van der Waals surface area contributed by atoms with Crippen LogP contribution in [0.1, 0.15) is 19.4 Å². The van der Waals surface area contributed by atoms with Gasteiger partial charge in [-0.05, 0) is 11.5 Å². The Labute approximate surface area is 118 Å². The Morgan fingerprint density at radius 2 is 2.00 bits per heavy atom. The predicted molar refractivity (Wildman–Crippen MR) is 72.9 cm³/mol. The number of benzene rings is 1. The van der Waals surface area contributed by atoms with E-state index in [4.69, 9.17) is 9.47 Å². The van der Waals surface area contributed by atoms with Crippen molar-refractivity contribution in [2.45, 2.75) is 32.5 Å². The minimum Gasteiger partial charge on any atom is -0.467 e. The lowest BCUT2D eigenvalue weighted by atomic mass is 9.99. The van der Waals surface area contributed by atoms with Crippen molar-refractivity contribution in [2.75, 3.05) is 7.11 Å². The second-order valence-electron chi connectivity index (χ2n) is 5.17. The van der Waals surface area contributed by atoms with Crippen LogP contribution < -0.4 is 0 Å². The van der Waals surface area contributed by atoms with Crippen molar-refractivity contribution in [1.29, 1.82) is 0 Å². The Morgan fingerprint density at radius 1 is 1.35 bits per heavy atom. The Balaban J connectivity index is 2.24. The average molecular weight is 277 g/mol. The van der Waals surface area contributed by atoms with Crippen LogP contribution in [-0.2, 0) is 20.8 Å². The van der Waals surface area contributed by atoms with Gasteiger partial charge in [0.05, 0.1) is 13.7 Å². The van der Waals surface area contributed by atoms with Crippen LogP contribution in [0.3, 0.4) is 0 Å². The van der Waals surface area contributed by atoms with E-state index in [1.54, 1.807) is 0 Å². The van der Waals surface area contributed by atoms with Crippen LogP contribution in [0.4, 0.5) is 4.79 Å². The number of amides is 1. The SMILES string of the molecule is COC(=O)[C@@H]1[C@@H](C(C)C)OC(=O)N1Cc1ccccc1. The van der Waals surface area contributed by atoms with Gasteiger partial charge in [-0.1, -0.05) is 44.2 Å². The van der Waals surface area contributed by atoms with Crippen molar-refractivity contribution in [3.63, 3.8) is 0 Å². The number of hydrogen-bond acceptors (Lipinski definition) is 4. The molecule has 2 atom stereocenters. The van der Waals surface area contributed by atoms with E-state index in [2.05, 4.69) is 0 Å². The van der Waals surface area contributed by atoms with E-state index >= 15 is 0 Å². The van der Waals surface area contributed by atoms with Gasteiger partial charge >= 0.3 is 12.1 Å². The smallest absolute Gasteiger partial charge is 0.411 e. The molecule has 1 aliphatic heterocycles. The lowest BCUT2D eigenvalue weighted by molar-refractivity contribution is -0.147. The molecule has 0 unspecified atom stereocenters. The van der Waals surface area contributed by atoms with Gasteiger partial charge in [0.1, 0.15) is 6.10 Å². The van der Waals surface area contributed by atoms with E-state index in [-0.39, 0.29) is 5.92 Å². The molecule has 1 saturated heterocycles. The van der Waals surface area contributed by atoms with Gasteiger partial charge in [0.2, 0.25) is 0 Å². The van der Waals surface area contributed by atoms with Gasteiger partial charge in [-0.3, -0.25) is 4.90 Å². The van der Waals surface area contributed by atoms with Gasteiger partial charge in [0.25, 0.3) is 0 Å². The summed E-state index contributed by atoms with van der Waals surface area (Å²) in [6, 6.07) is 8.82. The van der Waals surface area contributed by atoms with E-state index in [9.17, 15) is 9.59 Å². The first kappa shape index (κ1) is 14.4. The van der Waals surface area contributed by atoms with Gasteiger partial charge < -0.3 is 9.47 Å². The minimum atomic E-state index is -0.687. The van der Waals surface area contributed by atoms with Crippen LogP contribution in [-0.4, -0.2) is 36.2 Å². The fourth-order valence-corrected chi connectivity index (χ4v) is 2.37. The molecule has 108 valence electrons. The molecule has 20 heavy (non-hydrogen) atoms. The number of cyclic esters (lactones) is 1. The van der Waals surface area contributed by atoms with Crippen LogP contribution in [0.2, 0.25) is 0 Å². The fourth-order valence-electron chi connectivity index (χ4n) is 2.37. The normalized spacial score (nSPS) is 22.0. The zero-order valence-electron chi connectivity index (χ0n) is 11.9. The molecular formula is C15H19NO4. The summed E-state index contributed by atoms with van der Waals surface area (Å²) in [5.74, 6) is -0.394. The molecule has 0 bridgehead atoms. The van der Waals surface area contributed by atoms with Crippen molar-refractivity contribution >= 4 is 12.1 Å². The monoisotopic (exact) mass is 277 g/mol. The summed E-state index contributed by atoms with van der Waals surface area (Å²) in [5, 5.41) is 0. The number of hydrogen-bond donors (Lipinski definition) is 0. The second-order valence-corrected chi connectivity index (χ2v) is 5.17. The van der Waals surface area contributed by atoms with Crippen molar-refractivity contribution in [1.82, 2.24) is 4.90 Å². The van der Waals surface area contributed by atoms with Gasteiger partial charge in [0.15, 0.2) is 6.04 Å². The van der Waals surface area contributed by atoms with Gasteiger partial charge in [0, 0.05) is 0 Å². The molecule has 0 N–H and O–H groups in total. The zero-order valence-corrected chi connectivity index (χ0v) is 11.9. The molecule has 1 aliphatic rings. The van der Waals surface area contributed by atoms with Crippen molar-refractivity contribution in [3.05, 3.63) is 35.9 Å². The summed E-state index contributed by atoms with van der Waals surface area (Å²) in [5.41, 5.74) is 0.947. The van der Waals surface area contributed by atoms with Crippen molar-refractivity contribution in [2.24, 2.45) is 5.92 Å². The third-order valence-electron chi connectivity index (χ3n) is 3.41. The average Bonchev–Trinajstić information content (AvgIpc) is 2.77. The standard InChI is InChI=1S/C15H19NO4/c1-10(2)13-12(14(17)19-3)16(15(18)20-13)9-11-7-5-4-6-8-11/h4-8,10,12-13H,9H2,1-3H3/t12-,13+/m0/s1. The maximum Gasteiger partial charge on any atom is 0.411 e. The zero-order chi connectivity index (χ0) is 14.7. The number of rotatable bonds is 4. The second kappa shape index (κ2) is 5.94. The van der Waals surface area contributed by atoms with E-state index < -0.39 is 24.2 Å². The Hall–Kier alpha value is -2.04. The minimum absolute atomic E-state index is 0.0452. The molecule has 5 heteroatoms. The lowest BCUT2D eigenvalue weighted by Gasteiger charge is -2.24. The highest BCUT2D eigenvalue weighted by Gasteiger charge is 2.48. The topological polar surface area (TPSA) is 55.8 Å². The molecule has 2 rings (SSSR count). The van der Waals surface area contributed by atoms with Crippen LogP contribution in [0.25, 0.3) is 0 Å². The van der Waals surface area contributed by atoms with Crippen LogP contribution in [0.5, 0.6) is 0 Å². The molecule has 1 fully saturated rings. The van der Waals surface area contributed by atoms with E-state index in [0.717, 1.165) is 5.56 Å². The molecule has 5 nitrogen and oxygen atoms in total. The van der Waals surface area contributed by atoms with E-state index in [1.807, 2.05) is 44.2 Å². The maximum absolute atomic E-state index is 12.0. The summed E-state index contributed by atoms with van der Waals surface area (Å²) in [7, 11) is 1.32. The van der Waals surface area contributed by atoms with E-state index in [0.29, 0.717) is 6.54 Å². The summed E-state index contributed by atoms with van der Waals surface area (Å²) in [6.07, 6.45) is -0.943. The number of nitrogens with zero attached hydrogens (tertiary/aromatic N) is 1. The van der Waals surface area contributed by atoms with Gasteiger partial charge in [-0.15, -0.1) is 0 Å². The molecule has 0 radical (unpaired) electrons. The molecule has 0 spiro atoms. The first-order chi connectivity index (χ1) is 9.54. The first-order valence-corrected chi connectivity index (χ1v) is 6.63. The van der Waals surface area contributed by atoms with Gasteiger partial charge in [-0.25, -0.2) is 9.59 Å². The molecule has 0 saturated carbocycles. The Kier molecular flexibility index (Phi) is 4.27.